The van der Waals surface area contributed by atoms with Crippen LogP contribution in [0, 0.1) is 0 Å². The van der Waals surface area contributed by atoms with Gasteiger partial charge in [0.25, 0.3) is 5.91 Å². The minimum Gasteiger partial charge on any atom is -0.493 e. The van der Waals surface area contributed by atoms with Gasteiger partial charge in [-0.2, -0.15) is 0 Å². The maximum absolute atomic E-state index is 13.4. The van der Waals surface area contributed by atoms with E-state index < -0.39 is 48.0 Å². The Balaban J connectivity index is 1.97. The number of halogens is 1. The fourth-order valence-corrected chi connectivity index (χ4v) is 4.11. The number of amides is 1. The molecule has 1 amide bonds. The summed E-state index contributed by atoms with van der Waals surface area (Å²) in [7, 11) is 2.49. The average Bonchev–Trinajstić information content (AvgIpc) is 2.98. The average molecular weight is 688 g/mol. The van der Waals surface area contributed by atoms with Crippen LogP contribution in [0.5, 0.6) is 23.0 Å². The summed E-state index contributed by atoms with van der Waals surface area (Å²) in [5, 5.41) is 12.5. The topological polar surface area (TPSA) is 190 Å². The molecule has 0 aromatic heterocycles. The molecule has 0 saturated heterocycles. The number of hydrogen-bond acceptors (Lipinski definition) is 12. The van der Waals surface area contributed by atoms with Crippen molar-refractivity contribution in [2.45, 2.75) is 26.1 Å². The normalized spacial score (nSPS) is 11.7. The highest BCUT2D eigenvalue weighted by Crippen LogP contribution is 2.30. The lowest BCUT2D eigenvalue weighted by Crippen LogP contribution is -2.48. The van der Waals surface area contributed by atoms with Gasteiger partial charge in [0, 0.05) is 24.0 Å². The number of carboxylic acid groups (broad SMARTS) is 1. The molecule has 236 valence electrons. The highest BCUT2D eigenvalue weighted by molar-refractivity contribution is 9.10. The van der Waals surface area contributed by atoms with Crippen molar-refractivity contribution in [1.29, 1.82) is 0 Å². The molecular weight excluding hydrogens is 662 g/mol. The van der Waals surface area contributed by atoms with Crippen molar-refractivity contribution >= 4 is 57.4 Å². The molecule has 15 heteroatoms. The van der Waals surface area contributed by atoms with E-state index in [1.165, 1.54) is 50.6 Å². The summed E-state index contributed by atoms with van der Waals surface area (Å²) in [5.74, 6) is -6.85. The summed E-state index contributed by atoms with van der Waals surface area (Å²) in [6.07, 6.45) is -4.57. The van der Waals surface area contributed by atoms with Gasteiger partial charge in [0.1, 0.15) is 0 Å². The first-order valence-electron chi connectivity index (χ1n) is 12.8. The summed E-state index contributed by atoms with van der Waals surface area (Å²) in [4.78, 5) is 74.8. The van der Waals surface area contributed by atoms with Crippen molar-refractivity contribution in [3.8, 4) is 23.0 Å². The number of methoxy groups -OCH3 is 2. The molecule has 3 rings (SSSR count). The molecule has 2 N–H and O–H groups in total. The van der Waals surface area contributed by atoms with E-state index in [-0.39, 0.29) is 39.8 Å². The third-order valence-corrected chi connectivity index (χ3v) is 6.14. The Hall–Kier alpha value is -5.44. The number of carbonyl (C=O) groups excluding carboxylic acids is 5. The van der Waals surface area contributed by atoms with Gasteiger partial charge in [0.2, 0.25) is 12.2 Å². The number of carbonyl (C=O) groups is 6. The standard InChI is InChI=1S/C30H26BrNO13/c1-15(33)42-21-10-8-17(12-23(21)40-3)29(38)44-25(27(35)32-20-7-5-6-19(31)14-20)26(28(36)37)45-30(39)18-9-11-22(43-16(2)34)24(13-18)41-4/h5-14,25-26H,1-4H3,(H,32,35)(H,36,37)/t25-,26+/m0/s1. The second-order valence-corrected chi connectivity index (χ2v) is 9.82. The highest BCUT2D eigenvalue weighted by atomic mass is 79.9. The Morgan fingerprint density at radius 2 is 1.18 bits per heavy atom. The van der Waals surface area contributed by atoms with E-state index in [0.717, 1.165) is 26.0 Å². The zero-order chi connectivity index (χ0) is 33.3. The minimum absolute atomic E-state index is 0.0158. The van der Waals surface area contributed by atoms with Crippen LogP contribution in [-0.2, 0) is 28.7 Å². The molecule has 14 nitrogen and oxygen atoms in total. The smallest absolute Gasteiger partial charge is 0.349 e. The highest BCUT2D eigenvalue weighted by Gasteiger charge is 2.41. The van der Waals surface area contributed by atoms with Gasteiger partial charge in [-0.1, -0.05) is 22.0 Å². The van der Waals surface area contributed by atoms with Gasteiger partial charge < -0.3 is 38.8 Å². The fourth-order valence-electron chi connectivity index (χ4n) is 3.71. The third kappa shape index (κ3) is 9.27. The van der Waals surface area contributed by atoms with Crippen molar-refractivity contribution in [2.75, 3.05) is 19.5 Å². The van der Waals surface area contributed by atoms with Gasteiger partial charge in [-0.05, 0) is 54.6 Å². The van der Waals surface area contributed by atoms with Crippen molar-refractivity contribution in [3.05, 3.63) is 76.3 Å². The lowest BCUT2D eigenvalue weighted by atomic mass is 10.1. The van der Waals surface area contributed by atoms with Crippen molar-refractivity contribution in [2.24, 2.45) is 0 Å². The van der Waals surface area contributed by atoms with E-state index in [4.69, 9.17) is 28.4 Å². The molecule has 0 spiro atoms. The zero-order valence-electron chi connectivity index (χ0n) is 24.2. The molecular formula is C30H26BrNO13. The Morgan fingerprint density at radius 1 is 0.689 bits per heavy atom. The molecule has 0 aliphatic heterocycles. The molecule has 0 unspecified atom stereocenters. The molecule has 0 saturated carbocycles. The lowest BCUT2D eigenvalue weighted by Gasteiger charge is -2.24. The van der Waals surface area contributed by atoms with E-state index >= 15 is 0 Å². The number of ether oxygens (including phenoxy) is 6. The van der Waals surface area contributed by atoms with E-state index in [0.29, 0.717) is 4.47 Å². The number of rotatable bonds is 12. The molecule has 0 bridgehead atoms. The Labute approximate surface area is 264 Å². The Kier molecular flexibility index (Phi) is 11.6. The van der Waals surface area contributed by atoms with Crippen LogP contribution >= 0.6 is 15.9 Å². The van der Waals surface area contributed by atoms with Crippen LogP contribution in [0.4, 0.5) is 5.69 Å². The van der Waals surface area contributed by atoms with Crippen molar-refractivity contribution < 1.29 is 62.3 Å². The van der Waals surface area contributed by atoms with E-state index in [2.05, 4.69) is 21.2 Å². The van der Waals surface area contributed by atoms with Crippen LogP contribution in [0.15, 0.2) is 65.1 Å². The van der Waals surface area contributed by atoms with Crippen LogP contribution in [0.2, 0.25) is 0 Å². The number of hydrogen-bond donors (Lipinski definition) is 2. The Bertz CT molecular complexity index is 1640. The largest absolute Gasteiger partial charge is 0.493 e. The monoisotopic (exact) mass is 687 g/mol. The number of benzene rings is 3. The zero-order valence-corrected chi connectivity index (χ0v) is 25.7. The molecule has 2 atom stereocenters. The van der Waals surface area contributed by atoms with E-state index in [1.807, 2.05) is 0 Å². The van der Waals surface area contributed by atoms with Crippen LogP contribution in [0.1, 0.15) is 34.6 Å². The third-order valence-electron chi connectivity index (χ3n) is 5.64. The van der Waals surface area contributed by atoms with Crippen LogP contribution in [0.3, 0.4) is 0 Å². The lowest BCUT2D eigenvalue weighted by molar-refractivity contribution is -0.157. The second kappa shape index (κ2) is 15.3. The predicted molar refractivity (Wildman–Crippen MR) is 157 cm³/mol. The number of aliphatic carboxylic acids is 1. The molecule has 0 fully saturated rings. The number of carboxylic acids is 1. The van der Waals surface area contributed by atoms with Crippen LogP contribution < -0.4 is 24.3 Å². The SMILES string of the molecule is COc1cc(C(=O)O[C@H](C(=O)Nc2cccc(Br)c2)[C@@H](OC(=O)c2ccc(OC(C)=O)c(OC)c2)C(=O)O)ccc1OC(C)=O. The van der Waals surface area contributed by atoms with Crippen LogP contribution in [-0.4, -0.2) is 67.3 Å². The van der Waals surface area contributed by atoms with Gasteiger partial charge in [-0.3, -0.25) is 14.4 Å². The molecule has 0 heterocycles. The number of anilines is 1. The summed E-state index contributed by atoms with van der Waals surface area (Å²) in [5.41, 5.74) is -0.259. The fraction of sp³-hybridized carbons (Fsp3) is 0.200. The molecule has 0 aliphatic carbocycles. The second-order valence-electron chi connectivity index (χ2n) is 8.91. The van der Waals surface area contributed by atoms with Crippen molar-refractivity contribution in [3.63, 3.8) is 0 Å². The number of nitrogens with one attached hydrogen (secondary N) is 1. The van der Waals surface area contributed by atoms with E-state index in [1.54, 1.807) is 12.1 Å². The first-order valence-corrected chi connectivity index (χ1v) is 13.6. The van der Waals surface area contributed by atoms with Crippen LogP contribution in [0.25, 0.3) is 0 Å². The molecule has 0 radical (unpaired) electrons. The van der Waals surface area contributed by atoms with Gasteiger partial charge >= 0.3 is 29.8 Å². The summed E-state index contributed by atoms with van der Waals surface area (Å²) < 4.78 is 31.3. The maximum atomic E-state index is 13.4. The first kappa shape index (κ1) is 34.1. The predicted octanol–water partition coefficient (Wildman–Crippen LogP) is 3.79. The summed E-state index contributed by atoms with van der Waals surface area (Å²) in [6.45, 7) is 2.32. The van der Waals surface area contributed by atoms with Gasteiger partial charge in [-0.15, -0.1) is 0 Å². The number of esters is 4. The Morgan fingerprint density at radius 3 is 1.60 bits per heavy atom. The van der Waals surface area contributed by atoms with Crippen molar-refractivity contribution in [1.82, 2.24) is 0 Å². The van der Waals surface area contributed by atoms with Gasteiger partial charge in [0.15, 0.2) is 23.0 Å². The molecule has 3 aromatic carbocycles. The van der Waals surface area contributed by atoms with E-state index in [9.17, 15) is 33.9 Å². The molecule has 3 aromatic rings. The van der Waals surface area contributed by atoms with Gasteiger partial charge in [-0.25, -0.2) is 14.4 Å². The summed E-state index contributed by atoms with van der Waals surface area (Å²) >= 11 is 3.25. The first-order chi connectivity index (χ1) is 21.3. The minimum atomic E-state index is -2.35. The quantitative estimate of drug-likeness (QED) is 0.207. The molecule has 0 aliphatic rings. The summed E-state index contributed by atoms with van der Waals surface area (Å²) in [6, 6.07) is 13.3. The van der Waals surface area contributed by atoms with Gasteiger partial charge in [0.05, 0.1) is 25.3 Å². The maximum Gasteiger partial charge on any atom is 0.349 e. The molecule has 45 heavy (non-hydrogen) atoms.